The minimum atomic E-state index is 0.131. The lowest BCUT2D eigenvalue weighted by molar-refractivity contribution is 0.233. The molecule has 2 aromatic rings. The Morgan fingerprint density at radius 3 is 2.39 bits per heavy atom. The zero-order valence-electron chi connectivity index (χ0n) is 10.0. The summed E-state index contributed by atoms with van der Waals surface area (Å²) in [7, 11) is 0. The predicted octanol–water partition coefficient (Wildman–Crippen LogP) is 2.82. The molecule has 0 saturated carbocycles. The van der Waals surface area contributed by atoms with Gasteiger partial charge in [0.15, 0.2) is 0 Å². The fraction of sp³-hybridized carbons (Fsp3) is 0.200. The number of rotatable bonds is 5. The van der Waals surface area contributed by atoms with Crippen LogP contribution < -0.4 is 4.74 Å². The molecule has 0 saturated heterocycles. The Morgan fingerprint density at radius 2 is 1.67 bits per heavy atom. The molecule has 2 aromatic carbocycles. The molecule has 2 N–H and O–H groups in total. The maximum atomic E-state index is 9.46. The van der Waals surface area contributed by atoms with Gasteiger partial charge in [0.1, 0.15) is 11.5 Å². The van der Waals surface area contributed by atoms with E-state index in [1.54, 1.807) is 12.1 Å². The SMILES string of the molecule is OCCCOc1cccc(-c2cccc(O)c2)c1. The van der Waals surface area contributed by atoms with Crippen LogP contribution in [-0.4, -0.2) is 23.4 Å². The number of benzene rings is 2. The Morgan fingerprint density at radius 1 is 0.944 bits per heavy atom. The number of aliphatic hydroxyl groups is 1. The Labute approximate surface area is 106 Å². The van der Waals surface area contributed by atoms with E-state index in [9.17, 15) is 5.11 Å². The molecule has 0 aliphatic carbocycles. The van der Waals surface area contributed by atoms with Crippen LogP contribution in [0.2, 0.25) is 0 Å². The molecule has 3 heteroatoms. The van der Waals surface area contributed by atoms with Crippen molar-refractivity contribution in [2.75, 3.05) is 13.2 Å². The number of ether oxygens (including phenoxy) is 1. The van der Waals surface area contributed by atoms with Crippen LogP contribution in [0.1, 0.15) is 6.42 Å². The summed E-state index contributed by atoms with van der Waals surface area (Å²) < 4.78 is 5.52. The average Bonchev–Trinajstić information content (AvgIpc) is 2.39. The van der Waals surface area contributed by atoms with Crippen LogP contribution in [0, 0.1) is 0 Å². The van der Waals surface area contributed by atoms with Gasteiger partial charge in [0.25, 0.3) is 0 Å². The monoisotopic (exact) mass is 244 g/mol. The van der Waals surface area contributed by atoms with Crippen LogP contribution in [0.3, 0.4) is 0 Å². The zero-order valence-corrected chi connectivity index (χ0v) is 10.0. The molecule has 18 heavy (non-hydrogen) atoms. The summed E-state index contributed by atoms with van der Waals surface area (Å²) in [6, 6.07) is 14.8. The van der Waals surface area contributed by atoms with E-state index in [4.69, 9.17) is 9.84 Å². The van der Waals surface area contributed by atoms with Crippen molar-refractivity contribution in [1.29, 1.82) is 0 Å². The molecule has 0 aliphatic rings. The van der Waals surface area contributed by atoms with E-state index < -0.39 is 0 Å². The van der Waals surface area contributed by atoms with Crippen molar-refractivity contribution in [1.82, 2.24) is 0 Å². The predicted molar refractivity (Wildman–Crippen MR) is 70.7 cm³/mol. The first kappa shape index (κ1) is 12.5. The van der Waals surface area contributed by atoms with Crippen LogP contribution in [0.4, 0.5) is 0 Å². The van der Waals surface area contributed by atoms with Gasteiger partial charge >= 0.3 is 0 Å². The van der Waals surface area contributed by atoms with Gasteiger partial charge in [-0.25, -0.2) is 0 Å². The van der Waals surface area contributed by atoms with Gasteiger partial charge < -0.3 is 14.9 Å². The maximum absolute atomic E-state index is 9.46. The Balaban J connectivity index is 2.16. The molecule has 0 unspecified atom stereocenters. The molecule has 0 fully saturated rings. The van der Waals surface area contributed by atoms with Crippen molar-refractivity contribution in [3.63, 3.8) is 0 Å². The molecule has 0 bridgehead atoms. The lowest BCUT2D eigenvalue weighted by Crippen LogP contribution is -1.99. The number of hydrogen-bond donors (Lipinski definition) is 2. The smallest absolute Gasteiger partial charge is 0.119 e. The van der Waals surface area contributed by atoms with Crippen LogP contribution in [0.25, 0.3) is 11.1 Å². The van der Waals surface area contributed by atoms with Gasteiger partial charge in [0, 0.05) is 13.0 Å². The summed E-state index contributed by atoms with van der Waals surface area (Å²) in [4.78, 5) is 0. The highest BCUT2D eigenvalue weighted by Crippen LogP contribution is 2.26. The van der Waals surface area contributed by atoms with Gasteiger partial charge in [-0.05, 0) is 35.4 Å². The second-order valence-corrected chi connectivity index (χ2v) is 4.00. The third kappa shape index (κ3) is 3.25. The minimum Gasteiger partial charge on any atom is -0.508 e. The molecule has 94 valence electrons. The lowest BCUT2D eigenvalue weighted by atomic mass is 10.1. The van der Waals surface area contributed by atoms with Crippen molar-refractivity contribution in [3.8, 4) is 22.6 Å². The van der Waals surface area contributed by atoms with Gasteiger partial charge in [-0.2, -0.15) is 0 Å². The highest BCUT2D eigenvalue weighted by molar-refractivity contribution is 5.66. The zero-order chi connectivity index (χ0) is 12.8. The van der Waals surface area contributed by atoms with Gasteiger partial charge in [-0.15, -0.1) is 0 Å². The number of hydrogen-bond acceptors (Lipinski definition) is 3. The van der Waals surface area contributed by atoms with Crippen molar-refractivity contribution >= 4 is 0 Å². The Bertz CT molecular complexity index is 509. The highest BCUT2D eigenvalue weighted by atomic mass is 16.5. The van der Waals surface area contributed by atoms with Gasteiger partial charge in [-0.1, -0.05) is 24.3 Å². The summed E-state index contributed by atoms with van der Waals surface area (Å²) in [5.74, 6) is 1.02. The molecule has 0 heterocycles. The van der Waals surface area contributed by atoms with Crippen LogP contribution in [0.15, 0.2) is 48.5 Å². The normalized spacial score (nSPS) is 10.3. The topological polar surface area (TPSA) is 49.7 Å². The number of phenolic OH excluding ortho intramolecular Hbond substituents is 1. The third-order valence-corrected chi connectivity index (χ3v) is 2.58. The molecular weight excluding hydrogens is 228 g/mol. The van der Waals surface area contributed by atoms with Crippen molar-refractivity contribution in [2.45, 2.75) is 6.42 Å². The fourth-order valence-corrected chi connectivity index (χ4v) is 1.71. The average molecular weight is 244 g/mol. The second kappa shape index (κ2) is 6.07. The second-order valence-electron chi connectivity index (χ2n) is 4.00. The first-order valence-electron chi connectivity index (χ1n) is 5.93. The molecular formula is C15H16O3. The molecule has 0 radical (unpaired) electrons. The molecule has 3 nitrogen and oxygen atoms in total. The maximum Gasteiger partial charge on any atom is 0.119 e. The number of aliphatic hydroxyl groups excluding tert-OH is 1. The van der Waals surface area contributed by atoms with E-state index in [1.165, 1.54) is 0 Å². The molecule has 0 aliphatic heterocycles. The van der Waals surface area contributed by atoms with E-state index in [-0.39, 0.29) is 12.4 Å². The van der Waals surface area contributed by atoms with E-state index >= 15 is 0 Å². The standard InChI is InChI=1S/C15H16O3/c16-8-3-9-18-15-7-2-5-13(11-15)12-4-1-6-14(17)10-12/h1-2,4-7,10-11,16-17H,3,8-9H2. The quantitative estimate of drug-likeness (QED) is 0.795. The van der Waals surface area contributed by atoms with Crippen molar-refractivity contribution < 1.29 is 14.9 Å². The summed E-state index contributed by atoms with van der Waals surface area (Å²) in [6.07, 6.45) is 0.621. The summed E-state index contributed by atoms with van der Waals surface area (Å²) in [5, 5.41) is 18.2. The summed E-state index contributed by atoms with van der Waals surface area (Å²) in [6.45, 7) is 0.631. The molecule has 2 rings (SSSR count). The van der Waals surface area contributed by atoms with Gasteiger partial charge in [0.2, 0.25) is 0 Å². The Kier molecular flexibility index (Phi) is 4.20. The van der Waals surface area contributed by atoms with Crippen LogP contribution >= 0.6 is 0 Å². The lowest BCUT2D eigenvalue weighted by Gasteiger charge is -2.07. The molecule has 0 atom stereocenters. The molecule has 0 aromatic heterocycles. The minimum absolute atomic E-state index is 0.131. The highest BCUT2D eigenvalue weighted by Gasteiger charge is 2.01. The van der Waals surface area contributed by atoms with Gasteiger partial charge in [0.05, 0.1) is 6.61 Å². The molecule has 0 amide bonds. The molecule has 0 spiro atoms. The van der Waals surface area contributed by atoms with Crippen molar-refractivity contribution in [3.05, 3.63) is 48.5 Å². The van der Waals surface area contributed by atoms with Crippen molar-refractivity contribution in [2.24, 2.45) is 0 Å². The van der Waals surface area contributed by atoms with E-state index in [0.29, 0.717) is 13.0 Å². The van der Waals surface area contributed by atoms with E-state index in [0.717, 1.165) is 16.9 Å². The first-order chi connectivity index (χ1) is 8.79. The van der Waals surface area contributed by atoms with E-state index in [1.807, 2.05) is 36.4 Å². The number of aromatic hydroxyl groups is 1. The largest absolute Gasteiger partial charge is 0.508 e. The van der Waals surface area contributed by atoms with E-state index in [2.05, 4.69) is 0 Å². The number of phenols is 1. The third-order valence-electron chi connectivity index (χ3n) is 2.58. The first-order valence-corrected chi connectivity index (χ1v) is 5.93. The van der Waals surface area contributed by atoms with Gasteiger partial charge in [-0.3, -0.25) is 0 Å². The summed E-state index contributed by atoms with van der Waals surface area (Å²) in [5.41, 5.74) is 1.94. The fourth-order valence-electron chi connectivity index (χ4n) is 1.71. The summed E-state index contributed by atoms with van der Waals surface area (Å²) >= 11 is 0. The Hall–Kier alpha value is -2.00. The van der Waals surface area contributed by atoms with Crippen LogP contribution in [0.5, 0.6) is 11.5 Å². The van der Waals surface area contributed by atoms with Crippen LogP contribution in [-0.2, 0) is 0 Å².